The molecule has 1 N–H and O–H groups in total. The molecule has 4 nitrogen and oxygen atoms in total. The summed E-state index contributed by atoms with van der Waals surface area (Å²) in [6.45, 7) is 5.23. The number of carbonyl (C=O) groups excluding carboxylic acids is 1. The number of amides is 1. The molecule has 2 rings (SSSR count). The largest absolute Gasteiger partial charge is 0.411 e. The summed E-state index contributed by atoms with van der Waals surface area (Å²) in [5.41, 5.74) is 2.51. The summed E-state index contributed by atoms with van der Waals surface area (Å²) < 4.78 is 0.949. The zero-order valence-corrected chi connectivity index (χ0v) is 13.4. The SMILES string of the molecule is CCC1CN(C(=O)c2cccc(Br)c2C)CC/C1=N\O. The van der Waals surface area contributed by atoms with Gasteiger partial charge in [0.2, 0.25) is 0 Å². The Morgan fingerprint density at radius 1 is 1.55 bits per heavy atom. The maximum absolute atomic E-state index is 12.6. The lowest BCUT2D eigenvalue weighted by atomic mass is 9.92. The molecule has 0 bridgehead atoms. The van der Waals surface area contributed by atoms with Gasteiger partial charge in [0.1, 0.15) is 0 Å². The van der Waals surface area contributed by atoms with Crippen molar-refractivity contribution >= 4 is 27.5 Å². The van der Waals surface area contributed by atoms with Gasteiger partial charge in [-0.25, -0.2) is 0 Å². The lowest BCUT2D eigenvalue weighted by Crippen LogP contribution is -2.44. The quantitative estimate of drug-likeness (QED) is 0.663. The van der Waals surface area contributed by atoms with Gasteiger partial charge in [0.25, 0.3) is 5.91 Å². The Bertz CT molecular complexity index is 543. The van der Waals surface area contributed by atoms with Crippen LogP contribution < -0.4 is 0 Å². The van der Waals surface area contributed by atoms with E-state index in [1.165, 1.54) is 0 Å². The summed E-state index contributed by atoms with van der Waals surface area (Å²) in [7, 11) is 0. The number of hydrogen-bond acceptors (Lipinski definition) is 3. The normalized spacial score (nSPS) is 21.2. The molecule has 5 heteroatoms. The molecule has 0 saturated carbocycles. The number of hydrogen-bond donors (Lipinski definition) is 1. The van der Waals surface area contributed by atoms with Crippen LogP contribution in [0.3, 0.4) is 0 Å². The number of piperidine rings is 1. The smallest absolute Gasteiger partial charge is 0.254 e. The summed E-state index contributed by atoms with van der Waals surface area (Å²) in [6.07, 6.45) is 1.52. The van der Waals surface area contributed by atoms with Gasteiger partial charge in [-0.3, -0.25) is 4.79 Å². The zero-order valence-electron chi connectivity index (χ0n) is 11.8. The topological polar surface area (TPSA) is 52.9 Å². The third kappa shape index (κ3) is 2.87. The number of oxime groups is 1. The minimum atomic E-state index is 0.0549. The third-order valence-electron chi connectivity index (χ3n) is 3.96. The molecule has 1 aromatic carbocycles. The van der Waals surface area contributed by atoms with Gasteiger partial charge in [-0.1, -0.05) is 34.1 Å². The number of carbonyl (C=O) groups is 1. The van der Waals surface area contributed by atoms with Crippen molar-refractivity contribution in [2.75, 3.05) is 13.1 Å². The van der Waals surface area contributed by atoms with Crippen LogP contribution in [0, 0.1) is 12.8 Å². The minimum Gasteiger partial charge on any atom is -0.411 e. The van der Waals surface area contributed by atoms with Gasteiger partial charge in [0.15, 0.2) is 0 Å². The summed E-state index contributed by atoms with van der Waals surface area (Å²) >= 11 is 3.46. The highest BCUT2D eigenvalue weighted by atomic mass is 79.9. The maximum Gasteiger partial charge on any atom is 0.254 e. The summed E-state index contributed by atoms with van der Waals surface area (Å²) in [5.74, 6) is 0.212. The fourth-order valence-electron chi connectivity index (χ4n) is 2.61. The Morgan fingerprint density at radius 2 is 2.30 bits per heavy atom. The Hall–Kier alpha value is -1.36. The van der Waals surface area contributed by atoms with E-state index in [4.69, 9.17) is 5.21 Å². The van der Waals surface area contributed by atoms with Crippen molar-refractivity contribution in [1.82, 2.24) is 4.90 Å². The Morgan fingerprint density at radius 3 is 2.95 bits per heavy atom. The van der Waals surface area contributed by atoms with Crippen molar-refractivity contribution in [3.63, 3.8) is 0 Å². The highest BCUT2D eigenvalue weighted by Crippen LogP contribution is 2.24. The lowest BCUT2D eigenvalue weighted by Gasteiger charge is -2.33. The van der Waals surface area contributed by atoms with Gasteiger partial charge in [-0.15, -0.1) is 0 Å². The Balaban J connectivity index is 2.20. The second-order valence-electron chi connectivity index (χ2n) is 5.11. The van der Waals surface area contributed by atoms with Gasteiger partial charge in [0, 0.05) is 35.5 Å². The van der Waals surface area contributed by atoms with Crippen molar-refractivity contribution < 1.29 is 10.0 Å². The van der Waals surface area contributed by atoms with Gasteiger partial charge >= 0.3 is 0 Å². The molecule has 0 aliphatic carbocycles. The molecule has 1 saturated heterocycles. The van der Waals surface area contributed by atoms with Crippen LogP contribution in [0.2, 0.25) is 0 Å². The molecule has 1 amide bonds. The monoisotopic (exact) mass is 338 g/mol. The maximum atomic E-state index is 12.6. The highest BCUT2D eigenvalue weighted by Gasteiger charge is 2.28. The lowest BCUT2D eigenvalue weighted by molar-refractivity contribution is 0.0728. The Kier molecular flexibility index (Phi) is 4.81. The summed E-state index contributed by atoms with van der Waals surface area (Å²) in [5, 5.41) is 12.4. The molecule has 108 valence electrons. The first-order chi connectivity index (χ1) is 9.58. The van der Waals surface area contributed by atoms with Crippen LogP contribution in [-0.4, -0.2) is 34.8 Å². The molecule has 1 fully saturated rings. The van der Waals surface area contributed by atoms with E-state index < -0.39 is 0 Å². The second kappa shape index (κ2) is 6.39. The summed E-state index contributed by atoms with van der Waals surface area (Å²) in [6, 6.07) is 5.68. The van der Waals surface area contributed by atoms with Crippen LogP contribution in [0.1, 0.15) is 35.7 Å². The molecular weight excluding hydrogens is 320 g/mol. The van der Waals surface area contributed by atoms with Crippen LogP contribution in [0.15, 0.2) is 27.8 Å². The highest BCUT2D eigenvalue weighted by molar-refractivity contribution is 9.10. The van der Waals surface area contributed by atoms with Gasteiger partial charge in [-0.2, -0.15) is 0 Å². The van der Waals surface area contributed by atoms with Gasteiger partial charge < -0.3 is 10.1 Å². The minimum absolute atomic E-state index is 0.0549. The number of benzene rings is 1. The van der Waals surface area contributed by atoms with Crippen LogP contribution in [0.4, 0.5) is 0 Å². The fourth-order valence-corrected chi connectivity index (χ4v) is 2.97. The molecule has 1 unspecified atom stereocenters. The molecule has 1 aliphatic heterocycles. The van der Waals surface area contributed by atoms with Crippen molar-refractivity contribution in [1.29, 1.82) is 0 Å². The number of likely N-dealkylation sites (tertiary alicyclic amines) is 1. The van der Waals surface area contributed by atoms with E-state index in [1.54, 1.807) is 0 Å². The number of halogens is 1. The second-order valence-corrected chi connectivity index (χ2v) is 5.96. The van der Waals surface area contributed by atoms with Crippen LogP contribution >= 0.6 is 15.9 Å². The predicted octanol–water partition coefficient (Wildman–Crippen LogP) is 3.46. The van der Waals surface area contributed by atoms with Gasteiger partial charge in [-0.05, 0) is 31.0 Å². The predicted molar refractivity (Wildman–Crippen MR) is 82.4 cm³/mol. The van der Waals surface area contributed by atoms with E-state index >= 15 is 0 Å². The van der Waals surface area contributed by atoms with E-state index in [9.17, 15) is 4.79 Å². The molecule has 0 spiro atoms. The molecule has 20 heavy (non-hydrogen) atoms. The molecule has 1 aromatic rings. The van der Waals surface area contributed by atoms with Crippen molar-refractivity contribution in [2.24, 2.45) is 11.1 Å². The van der Waals surface area contributed by atoms with E-state index in [0.29, 0.717) is 19.5 Å². The average molecular weight is 339 g/mol. The van der Waals surface area contributed by atoms with Crippen LogP contribution in [-0.2, 0) is 0 Å². The standard InChI is InChI=1S/C15H19BrN2O2/c1-3-11-9-18(8-7-14(11)17-20)15(19)12-5-4-6-13(16)10(12)2/h4-6,11,20H,3,7-9H2,1-2H3/b17-14+. The van der Waals surface area contributed by atoms with E-state index in [2.05, 4.69) is 21.1 Å². The number of nitrogens with zero attached hydrogens (tertiary/aromatic N) is 2. The third-order valence-corrected chi connectivity index (χ3v) is 4.82. The Labute approximate surface area is 127 Å². The van der Waals surface area contributed by atoms with Crippen LogP contribution in [0.5, 0.6) is 0 Å². The first-order valence-electron chi connectivity index (χ1n) is 6.83. The fraction of sp³-hybridized carbons (Fsp3) is 0.467. The van der Waals surface area contributed by atoms with E-state index in [-0.39, 0.29) is 11.8 Å². The van der Waals surface area contributed by atoms with Gasteiger partial charge in [0.05, 0.1) is 5.71 Å². The average Bonchev–Trinajstić information content (AvgIpc) is 2.48. The first-order valence-corrected chi connectivity index (χ1v) is 7.63. The molecule has 0 aromatic heterocycles. The molecule has 1 aliphatic rings. The molecule has 1 atom stereocenters. The molecular formula is C15H19BrN2O2. The first kappa shape index (κ1) is 15.0. The summed E-state index contributed by atoms with van der Waals surface area (Å²) in [4.78, 5) is 14.5. The van der Waals surface area contributed by atoms with E-state index in [1.807, 2.05) is 36.9 Å². The van der Waals surface area contributed by atoms with Crippen LogP contribution in [0.25, 0.3) is 0 Å². The van der Waals surface area contributed by atoms with Crippen molar-refractivity contribution in [3.8, 4) is 0 Å². The molecule has 0 radical (unpaired) electrons. The number of rotatable bonds is 2. The zero-order chi connectivity index (χ0) is 14.7. The molecule has 1 heterocycles. The van der Waals surface area contributed by atoms with E-state index in [0.717, 1.165) is 27.7 Å². The van der Waals surface area contributed by atoms with Crippen molar-refractivity contribution in [2.45, 2.75) is 26.7 Å². The van der Waals surface area contributed by atoms with Crippen molar-refractivity contribution in [3.05, 3.63) is 33.8 Å².